The molecule has 0 spiro atoms. The molecule has 5 heteroatoms. The molecule has 1 N–H and O–H groups in total. The third-order valence-corrected chi connectivity index (χ3v) is 5.89. The third kappa shape index (κ3) is 4.52. The van der Waals surface area contributed by atoms with Crippen molar-refractivity contribution in [2.24, 2.45) is 0 Å². The third-order valence-electron chi connectivity index (χ3n) is 5.53. The van der Waals surface area contributed by atoms with E-state index in [0.29, 0.717) is 0 Å². The van der Waals surface area contributed by atoms with Gasteiger partial charge in [-0.05, 0) is 53.2 Å². The monoisotopic (exact) mass is 405 g/mol. The molecule has 1 fully saturated rings. The number of hydrogen-bond acceptors (Lipinski definition) is 3. The van der Waals surface area contributed by atoms with Crippen molar-refractivity contribution in [1.82, 2.24) is 9.80 Å². The Morgan fingerprint density at radius 1 is 1.00 bits per heavy atom. The first kappa shape index (κ1) is 19.7. The Morgan fingerprint density at radius 2 is 1.76 bits per heavy atom. The molecule has 0 unspecified atom stereocenters. The number of thiocarbonyl (C=S) groups is 1. The van der Waals surface area contributed by atoms with Gasteiger partial charge in [-0.1, -0.05) is 48.5 Å². The van der Waals surface area contributed by atoms with Crippen LogP contribution < -0.4 is 10.1 Å². The molecule has 4 rings (SSSR count). The summed E-state index contributed by atoms with van der Waals surface area (Å²) >= 11 is 5.68. The number of hydrogen-bond donors (Lipinski definition) is 1. The highest BCUT2D eigenvalue weighted by Crippen LogP contribution is 2.26. The number of fused-ring (bicyclic) bond motifs is 1. The zero-order valence-corrected chi connectivity index (χ0v) is 17.8. The van der Waals surface area contributed by atoms with Gasteiger partial charge in [-0.25, -0.2) is 0 Å². The van der Waals surface area contributed by atoms with Crippen LogP contribution in [0.25, 0.3) is 10.8 Å². The summed E-state index contributed by atoms with van der Waals surface area (Å²) in [4.78, 5) is 4.75. The minimum Gasteiger partial charge on any atom is -0.495 e. The standard InChI is InChI=1S/C24H27N3OS/c1-18-10-11-23(28-2)22(16-18)25-24(29)27-14-12-26(13-15-27)17-20-8-5-7-19-6-3-4-9-21(19)20/h3-11,16H,12-15,17H2,1-2H3,(H,25,29). The van der Waals surface area contributed by atoms with Crippen molar-refractivity contribution in [3.05, 3.63) is 71.8 Å². The molecule has 0 radical (unpaired) electrons. The zero-order valence-electron chi connectivity index (χ0n) is 17.0. The summed E-state index contributed by atoms with van der Waals surface area (Å²) in [6.07, 6.45) is 0. The summed E-state index contributed by atoms with van der Waals surface area (Å²) in [5, 5.41) is 6.79. The fourth-order valence-electron chi connectivity index (χ4n) is 3.89. The second-order valence-electron chi connectivity index (χ2n) is 7.54. The molecule has 1 saturated heterocycles. The maximum absolute atomic E-state index is 5.68. The van der Waals surface area contributed by atoms with Gasteiger partial charge in [-0.3, -0.25) is 4.90 Å². The van der Waals surface area contributed by atoms with Gasteiger partial charge in [0.15, 0.2) is 5.11 Å². The molecule has 3 aromatic rings. The van der Waals surface area contributed by atoms with Crippen molar-refractivity contribution in [3.63, 3.8) is 0 Å². The van der Waals surface area contributed by atoms with Gasteiger partial charge in [-0.2, -0.15) is 0 Å². The van der Waals surface area contributed by atoms with Gasteiger partial charge in [0.05, 0.1) is 12.8 Å². The van der Waals surface area contributed by atoms with E-state index in [1.807, 2.05) is 12.1 Å². The number of aryl methyl sites for hydroxylation is 1. The van der Waals surface area contributed by atoms with Gasteiger partial charge in [0, 0.05) is 32.7 Å². The highest BCUT2D eigenvalue weighted by atomic mass is 32.1. The van der Waals surface area contributed by atoms with Crippen LogP contribution in [0, 0.1) is 6.92 Å². The largest absolute Gasteiger partial charge is 0.495 e. The van der Waals surface area contributed by atoms with E-state index in [-0.39, 0.29) is 0 Å². The number of piperazine rings is 1. The molecular formula is C24H27N3OS. The van der Waals surface area contributed by atoms with Crippen molar-refractivity contribution in [1.29, 1.82) is 0 Å². The molecule has 4 nitrogen and oxygen atoms in total. The summed E-state index contributed by atoms with van der Waals surface area (Å²) in [5.41, 5.74) is 3.49. The minimum atomic E-state index is 0.763. The van der Waals surface area contributed by atoms with Crippen molar-refractivity contribution in [3.8, 4) is 5.75 Å². The molecule has 150 valence electrons. The summed E-state index contributed by atoms with van der Waals surface area (Å²) in [6.45, 7) is 6.88. The van der Waals surface area contributed by atoms with Gasteiger partial charge >= 0.3 is 0 Å². The zero-order chi connectivity index (χ0) is 20.2. The number of anilines is 1. The van der Waals surface area contributed by atoms with E-state index in [1.165, 1.54) is 21.9 Å². The Labute approximate surface area is 178 Å². The lowest BCUT2D eigenvalue weighted by molar-refractivity contribution is 0.177. The van der Waals surface area contributed by atoms with Crippen LogP contribution in [-0.2, 0) is 6.54 Å². The number of ether oxygens (including phenoxy) is 1. The lowest BCUT2D eigenvalue weighted by atomic mass is 10.0. The van der Waals surface area contributed by atoms with E-state index in [0.717, 1.165) is 49.3 Å². The molecule has 1 aliphatic rings. The lowest BCUT2D eigenvalue weighted by Gasteiger charge is -2.36. The van der Waals surface area contributed by atoms with Crippen LogP contribution in [0.2, 0.25) is 0 Å². The highest BCUT2D eigenvalue weighted by molar-refractivity contribution is 7.80. The van der Waals surface area contributed by atoms with E-state index < -0.39 is 0 Å². The predicted molar refractivity (Wildman–Crippen MR) is 125 cm³/mol. The highest BCUT2D eigenvalue weighted by Gasteiger charge is 2.20. The molecule has 0 saturated carbocycles. The Hall–Kier alpha value is -2.63. The minimum absolute atomic E-state index is 0.763. The topological polar surface area (TPSA) is 27.7 Å². The second kappa shape index (κ2) is 8.80. The maximum Gasteiger partial charge on any atom is 0.173 e. The SMILES string of the molecule is COc1ccc(C)cc1NC(=S)N1CCN(Cc2cccc3ccccc23)CC1. The van der Waals surface area contributed by atoms with Crippen LogP contribution in [0.4, 0.5) is 5.69 Å². The average molecular weight is 406 g/mol. The first-order chi connectivity index (χ1) is 14.1. The molecule has 0 amide bonds. The normalized spacial score (nSPS) is 14.8. The van der Waals surface area contributed by atoms with Crippen LogP contribution >= 0.6 is 12.2 Å². The first-order valence-electron chi connectivity index (χ1n) is 10.0. The van der Waals surface area contributed by atoms with E-state index in [2.05, 4.69) is 70.6 Å². The fourth-order valence-corrected chi connectivity index (χ4v) is 4.19. The average Bonchev–Trinajstić information content (AvgIpc) is 2.75. The lowest BCUT2D eigenvalue weighted by Crippen LogP contribution is -2.49. The molecular weight excluding hydrogens is 378 g/mol. The molecule has 0 atom stereocenters. The first-order valence-corrected chi connectivity index (χ1v) is 10.4. The smallest absolute Gasteiger partial charge is 0.173 e. The van der Waals surface area contributed by atoms with Crippen LogP contribution in [0.3, 0.4) is 0 Å². The molecule has 1 heterocycles. The van der Waals surface area contributed by atoms with Gasteiger partial charge < -0.3 is 15.0 Å². The second-order valence-corrected chi connectivity index (χ2v) is 7.92. The van der Waals surface area contributed by atoms with Gasteiger partial charge in [0.1, 0.15) is 5.75 Å². The van der Waals surface area contributed by atoms with Crippen molar-refractivity contribution < 1.29 is 4.74 Å². The number of rotatable bonds is 4. The Balaban J connectivity index is 1.37. The molecule has 0 bridgehead atoms. The molecule has 1 aliphatic heterocycles. The molecule has 0 aliphatic carbocycles. The maximum atomic E-state index is 5.68. The van der Waals surface area contributed by atoms with Gasteiger partial charge in [0.25, 0.3) is 0 Å². The summed E-state index contributed by atoms with van der Waals surface area (Å²) < 4.78 is 5.46. The molecule has 0 aromatic heterocycles. The van der Waals surface area contributed by atoms with Gasteiger partial charge in [0.2, 0.25) is 0 Å². The van der Waals surface area contributed by atoms with Crippen LogP contribution in [0.15, 0.2) is 60.7 Å². The number of nitrogens with zero attached hydrogens (tertiary/aromatic N) is 2. The van der Waals surface area contributed by atoms with Crippen molar-refractivity contribution >= 4 is 33.8 Å². The Kier molecular flexibility index (Phi) is 5.97. The van der Waals surface area contributed by atoms with Crippen molar-refractivity contribution in [2.75, 3.05) is 38.6 Å². The van der Waals surface area contributed by atoms with Crippen molar-refractivity contribution in [2.45, 2.75) is 13.5 Å². The van der Waals surface area contributed by atoms with Crippen LogP contribution in [0.1, 0.15) is 11.1 Å². The summed E-state index contributed by atoms with van der Waals surface area (Å²) in [6, 6.07) is 21.3. The van der Waals surface area contributed by atoms with Crippen LogP contribution in [0.5, 0.6) is 5.75 Å². The van der Waals surface area contributed by atoms with Gasteiger partial charge in [-0.15, -0.1) is 0 Å². The number of nitrogens with one attached hydrogen (secondary N) is 1. The van der Waals surface area contributed by atoms with E-state index >= 15 is 0 Å². The summed E-state index contributed by atoms with van der Waals surface area (Å²) in [5.74, 6) is 0.813. The Bertz CT molecular complexity index is 1010. The quantitative estimate of drug-likeness (QED) is 0.637. The van der Waals surface area contributed by atoms with E-state index in [4.69, 9.17) is 17.0 Å². The van der Waals surface area contributed by atoms with E-state index in [1.54, 1.807) is 7.11 Å². The van der Waals surface area contributed by atoms with E-state index in [9.17, 15) is 0 Å². The fraction of sp³-hybridized carbons (Fsp3) is 0.292. The van der Waals surface area contributed by atoms with Crippen LogP contribution in [-0.4, -0.2) is 48.2 Å². The number of methoxy groups -OCH3 is 1. The molecule has 3 aromatic carbocycles. The summed E-state index contributed by atoms with van der Waals surface area (Å²) in [7, 11) is 1.69. The Morgan fingerprint density at radius 3 is 2.55 bits per heavy atom. The molecule has 29 heavy (non-hydrogen) atoms. The predicted octanol–water partition coefficient (Wildman–Crippen LogP) is 4.67. The number of benzene rings is 3.